The van der Waals surface area contributed by atoms with Crippen LogP contribution in [0.4, 0.5) is 9.80 Å². The van der Waals surface area contributed by atoms with Crippen LogP contribution in [0.25, 0.3) is 0 Å². The number of fused-ring (bicyclic) bond motifs is 1. The quantitative estimate of drug-likeness (QED) is 0.702. The summed E-state index contributed by atoms with van der Waals surface area (Å²) in [6.07, 6.45) is 2.69. The third-order valence-corrected chi connectivity index (χ3v) is 7.41. The molecule has 1 heterocycles. The largest absolute Gasteiger partial charge is 0.453 e. The van der Waals surface area contributed by atoms with Gasteiger partial charge in [-0.1, -0.05) is 19.1 Å². The van der Waals surface area contributed by atoms with Gasteiger partial charge in [0.1, 0.15) is 5.00 Å². The predicted octanol–water partition coefficient (Wildman–Crippen LogP) is 2.95. The normalized spacial score (nSPS) is 15.6. The maximum Gasteiger partial charge on any atom is 0.413 e. The van der Waals surface area contributed by atoms with Gasteiger partial charge in [0.2, 0.25) is 5.91 Å². The van der Waals surface area contributed by atoms with E-state index in [1.807, 2.05) is 0 Å². The van der Waals surface area contributed by atoms with E-state index in [-0.39, 0.29) is 17.2 Å². The van der Waals surface area contributed by atoms with Crippen LogP contribution in [0.1, 0.15) is 39.7 Å². The molecule has 0 fully saturated rings. The van der Waals surface area contributed by atoms with Crippen molar-refractivity contribution >= 4 is 44.1 Å². The molecule has 3 rings (SSSR count). The fraction of sp³-hybridized carbons (Fsp3) is 0.381. The lowest BCUT2D eigenvalue weighted by Crippen LogP contribution is -2.31. The second-order valence-corrected chi connectivity index (χ2v) is 10.8. The summed E-state index contributed by atoms with van der Waals surface area (Å²) >= 11 is 1.35. The van der Waals surface area contributed by atoms with Gasteiger partial charge < -0.3 is 10.1 Å². The van der Waals surface area contributed by atoms with Gasteiger partial charge in [-0.15, -0.1) is 11.3 Å². The molecule has 0 spiro atoms. The number of ether oxygens (including phenoxy) is 1. The molecule has 2 aromatic rings. The van der Waals surface area contributed by atoms with Gasteiger partial charge in [0.15, 0.2) is 9.84 Å². The highest BCUT2D eigenvalue weighted by Gasteiger charge is 2.29. The fourth-order valence-electron chi connectivity index (χ4n) is 3.50. The number of anilines is 1. The Hall–Kier alpha value is -2.72. The average Bonchev–Trinajstić information content (AvgIpc) is 3.04. The topological polar surface area (TPSA) is 119 Å². The molecule has 0 radical (unpaired) electrons. The first-order valence-electron chi connectivity index (χ1n) is 9.71. The van der Waals surface area contributed by atoms with E-state index in [4.69, 9.17) is 0 Å². The van der Waals surface area contributed by atoms with Crippen molar-refractivity contribution in [2.45, 2.75) is 37.5 Å². The smallest absolute Gasteiger partial charge is 0.413 e. The van der Waals surface area contributed by atoms with Gasteiger partial charge >= 0.3 is 6.09 Å². The van der Waals surface area contributed by atoms with Crippen molar-refractivity contribution in [3.63, 3.8) is 0 Å². The molecule has 1 aliphatic rings. The summed E-state index contributed by atoms with van der Waals surface area (Å²) < 4.78 is 27.7. The number of sulfone groups is 1. The lowest BCUT2D eigenvalue weighted by atomic mass is 9.88. The van der Waals surface area contributed by atoms with Crippen molar-refractivity contribution in [1.29, 1.82) is 0 Å². The first kappa shape index (κ1) is 23.0. The van der Waals surface area contributed by atoms with Crippen LogP contribution < -0.4 is 10.6 Å². The van der Waals surface area contributed by atoms with Crippen molar-refractivity contribution in [2.24, 2.45) is 5.92 Å². The maximum atomic E-state index is 12.7. The second-order valence-electron chi connectivity index (χ2n) is 7.64. The molecule has 0 saturated heterocycles. The zero-order chi connectivity index (χ0) is 22.8. The van der Waals surface area contributed by atoms with E-state index in [1.165, 1.54) is 30.6 Å². The summed E-state index contributed by atoms with van der Waals surface area (Å²) in [6, 6.07) is 6.08. The average molecular weight is 465 g/mol. The van der Waals surface area contributed by atoms with Gasteiger partial charge in [0.05, 0.1) is 24.0 Å². The number of carbonyl (C=O) groups is 3. The highest BCUT2D eigenvalue weighted by atomic mass is 32.2. The molecule has 1 aromatic heterocycles. The van der Waals surface area contributed by atoms with Crippen LogP contribution in [0.15, 0.2) is 29.2 Å². The molecule has 1 aliphatic carbocycles. The lowest BCUT2D eigenvalue weighted by molar-refractivity contribution is -0.115. The summed E-state index contributed by atoms with van der Waals surface area (Å²) in [7, 11) is -2.14. The predicted molar refractivity (Wildman–Crippen MR) is 117 cm³/mol. The Morgan fingerprint density at radius 3 is 2.48 bits per heavy atom. The zero-order valence-electron chi connectivity index (χ0n) is 17.5. The maximum absolute atomic E-state index is 12.7. The van der Waals surface area contributed by atoms with Gasteiger partial charge in [-0.3, -0.25) is 14.9 Å². The first-order valence-corrected chi connectivity index (χ1v) is 12.4. The van der Waals surface area contributed by atoms with Crippen LogP contribution in [0.2, 0.25) is 0 Å². The molecule has 0 saturated carbocycles. The lowest BCUT2D eigenvalue weighted by Gasteiger charge is -2.18. The Morgan fingerprint density at radius 2 is 1.87 bits per heavy atom. The summed E-state index contributed by atoms with van der Waals surface area (Å²) in [6.45, 7) is 2.13. The number of rotatable bonds is 5. The van der Waals surface area contributed by atoms with E-state index in [0.29, 0.717) is 28.5 Å². The van der Waals surface area contributed by atoms with E-state index in [0.717, 1.165) is 29.5 Å². The van der Waals surface area contributed by atoms with Crippen molar-refractivity contribution in [3.8, 4) is 0 Å². The molecule has 3 amide bonds. The van der Waals surface area contributed by atoms with Crippen molar-refractivity contribution in [2.75, 3.05) is 18.7 Å². The summed E-state index contributed by atoms with van der Waals surface area (Å²) in [4.78, 5) is 38.1. The Bertz CT molecular complexity index is 1120. The molecule has 166 valence electrons. The van der Waals surface area contributed by atoms with Gasteiger partial charge in [0.25, 0.3) is 5.91 Å². The minimum atomic E-state index is -3.31. The molecule has 1 atom stereocenters. The van der Waals surface area contributed by atoms with E-state index in [2.05, 4.69) is 22.3 Å². The second kappa shape index (κ2) is 9.19. The molecule has 8 nitrogen and oxygen atoms in total. The zero-order valence-corrected chi connectivity index (χ0v) is 19.1. The van der Waals surface area contributed by atoms with E-state index in [9.17, 15) is 22.8 Å². The molecule has 31 heavy (non-hydrogen) atoms. The molecular weight excluding hydrogens is 440 g/mol. The number of carbonyl (C=O) groups excluding carboxylic acids is 3. The number of imide groups is 1. The molecular formula is C21H24N2O6S2. The van der Waals surface area contributed by atoms with Crippen LogP contribution in [0.5, 0.6) is 0 Å². The fourth-order valence-corrected chi connectivity index (χ4v) is 5.55. The number of alkyl carbamates (subject to hydrolysis) is 1. The molecule has 0 bridgehead atoms. The Labute approximate surface area is 184 Å². The third kappa shape index (κ3) is 5.50. The molecule has 2 N–H and O–H groups in total. The van der Waals surface area contributed by atoms with Gasteiger partial charge in [0, 0.05) is 11.1 Å². The Balaban J connectivity index is 1.82. The Morgan fingerprint density at radius 1 is 1.19 bits per heavy atom. The van der Waals surface area contributed by atoms with Crippen LogP contribution >= 0.6 is 11.3 Å². The SMILES string of the molecule is COC(=O)NC(=O)c1c(NC(=O)Cc2ccc(S(C)(=O)=O)cc2)sc2c1CCC(C)C2. The van der Waals surface area contributed by atoms with Crippen LogP contribution in [-0.4, -0.2) is 39.7 Å². The van der Waals surface area contributed by atoms with Crippen molar-refractivity contribution < 1.29 is 27.5 Å². The summed E-state index contributed by atoms with van der Waals surface area (Å²) in [5, 5.41) is 5.37. The number of amides is 3. The van der Waals surface area contributed by atoms with Crippen molar-refractivity contribution in [1.82, 2.24) is 5.32 Å². The van der Waals surface area contributed by atoms with Crippen molar-refractivity contribution in [3.05, 3.63) is 45.8 Å². The summed E-state index contributed by atoms with van der Waals surface area (Å²) in [5.41, 5.74) is 1.80. The number of hydrogen-bond acceptors (Lipinski definition) is 7. The van der Waals surface area contributed by atoms with Gasteiger partial charge in [-0.05, 0) is 48.4 Å². The van der Waals surface area contributed by atoms with E-state index >= 15 is 0 Å². The molecule has 1 aromatic carbocycles. The number of benzene rings is 1. The summed E-state index contributed by atoms with van der Waals surface area (Å²) in [5.74, 6) is -0.475. The number of nitrogens with one attached hydrogen (secondary N) is 2. The van der Waals surface area contributed by atoms with Crippen LogP contribution in [0.3, 0.4) is 0 Å². The van der Waals surface area contributed by atoms with Crippen LogP contribution in [0, 0.1) is 5.92 Å². The van der Waals surface area contributed by atoms with Gasteiger partial charge in [-0.25, -0.2) is 13.2 Å². The van der Waals surface area contributed by atoms with E-state index in [1.54, 1.807) is 12.1 Å². The van der Waals surface area contributed by atoms with Gasteiger partial charge in [-0.2, -0.15) is 0 Å². The highest BCUT2D eigenvalue weighted by molar-refractivity contribution is 7.90. The molecule has 1 unspecified atom stereocenters. The number of hydrogen-bond donors (Lipinski definition) is 2. The number of thiophene rings is 1. The minimum absolute atomic E-state index is 0.0150. The molecule has 10 heteroatoms. The molecule has 0 aliphatic heterocycles. The monoisotopic (exact) mass is 464 g/mol. The Kier molecular flexibility index (Phi) is 6.80. The highest BCUT2D eigenvalue weighted by Crippen LogP contribution is 2.39. The third-order valence-electron chi connectivity index (χ3n) is 5.11. The minimum Gasteiger partial charge on any atom is -0.453 e. The van der Waals surface area contributed by atoms with E-state index < -0.39 is 21.8 Å². The number of methoxy groups -OCH3 is 1. The standard InChI is InChI=1S/C21H24N2O6S2/c1-12-4-9-15-16(10-12)30-20(18(15)19(25)23-21(26)29-2)22-17(24)11-13-5-7-14(8-6-13)31(3,27)28/h5-8,12H,4,9-11H2,1-3H3,(H,22,24)(H,23,25,26). The first-order chi connectivity index (χ1) is 14.6. The van der Waals surface area contributed by atoms with Crippen LogP contribution in [-0.2, 0) is 38.6 Å².